The van der Waals surface area contributed by atoms with E-state index in [1.807, 2.05) is 36.9 Å². The highest BCUT2D eigenvalue weighted by molar-refractivity contribution is 7.17. The van der Waals surface area contributed by atoms with Crippen molar-refractivity contribution in [3.63, 3.8) is 0 Å². The summed E-state index contributed by atoms with van der Waals surface area (Å²) in [7, 11) is 1.69. The lowest BCUT2D eigenvalue weighted by Gasteiger charge is -2.35. The molecule has 0 unspecified atom stereocenters. The van der Waals surface area contributed by atoms with E-state index in [2.05, 4.69) is 28.5 Å². The van der Waals surface area contributed by atoms with E-state index in [1.54, 1.807) is 18.4 Å². The van der Waals surface area contributed by atoms with Gasteiger partial charge in [0.15, 0.2) is 4.96 Å². The van der Waals surface area contributed by atoms with Gasteiger partial charge in [0.2, 0.25) is 5.91 Å². The van der Waals surface area contributed by atoms with Gasteiger partial charge in [-0.2, -0.15) is 0 Å². The molecule has 1 amide bonds. The number of rotatable bonds is 5. The van der Waals surface area contributed by atoms with Gasteiger partial charge in [0.1, 0.15) is 5.75 Å². The molecule has 1 saturated heterocycles. The van der Waals surface area contributed by atoms with E-state index in [0.29, 0.717) is 0 Å². The molecular weight excluding hydrogens is 384 g/mol. The maximum Gasteiger partial charge on any atom is 0.225 e. The molecule has 0 bridgehead atoms. The molecule has 154 valence electrons. The molecule has 6 nitrogen and oxygen atoms in total. The van der Waals surface area contributed by atoms with Crippen LogP contribution < -0.4 is 4.74 Å². The average molecular weight is 413 g/mol. The lowest BCUT2D eigenvalue weighted by Crippen LogP contribution is -2.49. The molecule has 1 aliphatic heterocycles. The zero-order valence-corrected chi connectivity index (χ0v) is 18.3. The predicted molar refractivity (Wildman–Crippen MR) is 116 cm³/mol. The third-order valence-electron chi connectivity index (χ3n) is 5.44. The molecule has 3 heterocycles. The van der Waals surface area contributed by atoms with Crippen LogP contribution >= 0.6 is 11.3 Å². The van der Waals surface area contributed by atoms with E-state index in [1.165, 1.54) is 10.6 Å². The number of aryl methyl sites for hydroxylation is 1. The summed E-state index contributed by atoms with van der Waals surface area (Å²) in [6.45, 7) is 10.2. The second-order valence-corrected chi connectivity index (χ2v) is 9.10. The minimum Gasteiger partial charge on any atom is -0.497 e. The number of aromatic nitrogens is 2. The Bertz CT molecular complexity index is 1020. The highest BCUT2D eigenvalue weighted by Crippen LogP contribution is 2.31. The Kier molecular flexibility index (Phi) is 5.61. The van der Waals surface area contributed by atoms with Crippen LogP contribution in [0.3, 0.4) is 0 Å². The number of carbonyl (C=O) groups is 1. The van der Waals surface area contributed by atoms with Crippen LogP contribution in [-0.4, -0.2) is 58.4 Å². The Morgan fingerprint density at radius 3 is 2.69 bits per heavy atom. The standard InChI is InChI=1S/C22H28N4O2S/c1-15(2)21(27)25-10-8-24(9-11-25)14-19-20(17-6-5-7-18(12-17)28-4)23-22-26(19)13-16(3)29-22/h5-7,12-13,15H,8-11,14H2,1-4H3. The summed E-state index contributed by atoms with van der Waals surface area (Å²) < 4.78 is 7.64. The van der Waals surface area contributed by atoms with Crippen molar-refractivity contribution in [3.05, 3.63) is 41.0 Å². The van der Waals surface area contributed by atoms with E-state index < -0.39 is 0 Å². The quantitative estimate of drug-likeness (QED) is 0.641. The van der Waals surface area contributed by atoms with Crippen LogP contribution in [-0.2, 0) is 11.3 Å². The molecule has 0 N–H and O–H groups in total. The summed E-state index contributed by atoms with van der Waals surface area (Å²) in [4.78, 5) is 23.9. The number of methoxy groups -OCH3 is 1. The Balaban J connectivity index is 1.60. The summed E-state index contributed by atoms with van der Waals surface area (Å²) in [5.41, 5.74) is 3.28. The lowest BCUT2D eigenvalue weighted by molar-refractivity contribution is -0.136. The number of thiazole rings is 1. The van der Waals surface area contributed by atoms with Gasteiger partial charge in [0.05, 0.1) is 18.5 Å². The first-order valence-corrected chi connectivity index (χ1v) is 10.9. The number of hydrogen-bond donors (Lipinski definition) is 0. The zero-order chi connectivity index (χ0) is 20.5. The van der Waals surface area contributed by atoms with E-state index in [-0.39, 0.29) is 11.8 Å². The largest absolute Gasteiger partial charge is 0.497 e. The number of ether oxygens (including phenoxy) is 1. The molecule has 1 aliphatic rings. The monoisotopic (exact) mass is 412 g/mol. The van der Waals surface area contributed by atoms with Crippen LogP contribution in [0.15, 0.2) is 30.5 Å². The zero-order valence-electron chi connectivity index (χ0n) is 17.5. The number of fused-ring (bicyclic) bond motifs is 1. The highest BCUT2D eigenvalue weighted by atomic mass is 32.1. The normalized spacial score (nSPS) is 15.4. The number of piperazine rings is 1. The summed E-state index contributed by atoms with van der Waals surface area (Å²) >= 11 is 1.71. The summed E-state index contributed by atoms with van der Waals surface area (Å²) in [5, 5.41) is 0. The van der Waals surface area contributed by atoms with E-state index in [4.69, 9.17) is 9.72 Å². The molecule has 0 saturated carbocycles. The molecule has 29 heavy (non-hydrogen) atoms. The number of amides is 1. The molecule has 0 aliphatic carbocycles. The van der Waals surface area contributed by atoms with Gasteiger partial charge < -0.3 is 9.64 Å². The number of imidazole rings is 1. The van der Waals surface area contributed by atoms with Gasteiger partial charge in [-0.15, -0.1) is 11.3 Å². The molecule has 3 aromatic rings. The van der Waals surface area contributed by atoms with Crippen molar-refractivity contribution in [2.75, 3.05) is 33.3 Å². The number of benzene rings is 1. The first kappa shape index (κ1) is 19.9. The van der Waals surface area contributed by atoms with Gasteiger partial charge in [-0.3, -0.25) is 14.1 Å². The maximum absolute atomic E-state index is 12.3. The number of nitrogens with zero attached hydrogens (tertiary/aromatic N) is 4. The second kappa shape index (κ2) is 8.16. The minimum absolute atomic E-state index is 0.0597. The van der Waals surface area contributed by atoms with Crippen LogP contribution in [0.25, 0.3) is 16.2 Å². The van der Waals surface area contributed by atoms with Crippen molar-refractivity contribution < 1.29 is 9.53 Å². The van der Waals surface area contributed by atoms with Gasteiger partial charge in [0, 0.05) is 55.3 Å². The SMILES string of the molecule is COc1cccc(-c2nc3sc(C)cn3c2CN2CCN(C(=O)C(C)C)CC2)c1. The van der Waals surface area contributed by atoms with Gasteiger partial charge in [-0.25, -0.2) is 4.98 Å². The van der Waals surface area contributed by atoms with E-state index in [9.17, 15) is 4.79 Å². The van der Waals surface area contributed by atoms with Crippen LogP contribution in [0.4, 0.5) is 0 Å². The smallest absolute Gasteiger partial charge is 0.225 e. The molecule has 0 radical (unpaired) electrons. The fraction of sp³-hybridized carbons (Fsp3) is 0.455. The first-order valence-electron chi connectivity index (χ1n) is 10.1. The minimum atomic E-state index is 0.0597. The summed E-state index contributed by atoms with van der Waals surface area (Å²) in [5.74, 6) is 1.15. The van der Waals surface area contributed by atoms with Crippen LogP contribution in [0.5, 0.6) is 5.75 Å². The Labute approximate surface area is 175 Å². The van der Waals surface area contributed by atoms with E-state index in [0.717, 1.165) is 54.7 Å². The Hall–Kier alpha value is -2.38. The molecule has 1 fully saturated rings. The topological polar surface area (TPSA) is 50.1 Å². The second-order valence-electron chi connectivity index (χ2n) is 7.89. The van der Waals surface area contributed by atoms with Crippen LogP contribution in [0.2, 0.25) is 0 Å². The third-order valence-corrected chi connectivity index (χ3v) is 6.33. The molecule has 7 heteroatoms. The van der Waals surface area contributed by atoms with Gasteiger partial charge in [-0.1, -0.05) is 26.0 Å². The van der Waals surface area contributed by atoms with Crippen molar-refractivity contribution in [3.8, 4) is 17.0 Å². The van der Waals surface area contributed by atoms with Crippen molar-refractivity contribution in [1.29, 1.82) is 0 Å². The lowest BCUT2D eigenvalue weighted by atomic mass is 10.1. The van der Waals surface area contributed by atoms with E-state index >= 15 is 0 Å². The van der Waals surface area contributed by atoms with Crippen molar-refractivity contribution >= 4 is 22.2 Å². The van der Waals surface area contributed by atoms with Crippen molar-refractivity contribution in [2.24, 2.45) is 5.92 Å². The molecule has 1 aromatic carbocycles. The maximum atomic E-state index is 12.3. The van der Waals surface area contributed by atoms with Crippen molar-refractivity contribution in [2.45, 2.75) is 27.3 Å². The van der Waals surface area contributed by atoms with Crippen molar-refractivity contribution in [1.82, 2.24) is 19.2 Å². The highest BCUT2D eigenvalue weighted by Gasteiger charge is 2.25. The van der Waals surface area contributed by atoms with Crippen LogP contribution in [0, 0.1) is 12.8 Å². The number of carbonyl (C=O) groups excluding carboxylic acids is 1. The average Bonchev–Trinajstić information content (AvgIpc) is 3.25. The fourth-order valence-corrected chi connectivity index (χ4v) is 4.70. The molecule has 0 spiro atoms. The molecule has 2 aromatic heterocycles. The predicted octanol–water partition coefficient (Wildman–Crippen LogP) is 3.68. The number of hydrogen-bond acceptors (Lipinski definition) is 5. The molecule has 4 rings (SSSR count). The summed E-state index contributed by atoms with van der Waals surface area (Å²) in [6, 6.07) is 8.09. The first-order chi connectivity index (χ1) is 14.0. The Morgan fingerprint density at radius 2 is 2.00 bits per heavy atom. The fourth-order valence-electron chi connectivity index (χ4n) is 3.86. The molecular formula is C22H28N4O2S. The van der Waals surface area contributed by atoms with Gasteiger partial charge >= 0.3 is 0 Å². The van der Waals surface area contributed by atoms with Crippen LogP contribution in [0.1, 0.15) is 24.4 Å². The third kappa shape index (κ3) is 4.02. The van der Waals surface area contributed by atoms with Gasteiger partial charge in [-0.05, 0) is 19.1 Å². The molecule has 0 atom stereocenters. The summed E-state index contributed by atoms with van der Waals surface area (Å²) in [6.07, 6.45) is 2.17. The van der Waals surface area contributed by atoms with Gasteiger partial charge in [0.25, 0.3) is 0 Å². The Morgan fingerprint density at radius 1 is 1.24 bits per heavy atom.